The maximum absolute atomic E-state index is 12.4. The Hall–Kier alpha value is -3.00. The van der Waals surface area contributed by atoms with Crippen molar-refractivity contribution in [3.63, 3.8) is 0 Å². The van der Waals surface area contributed by atoms with Gasteiger partial charge in [0.25, 0.3) is 5.91 Å². The summed E-state index contributed by atoms with van der Waals surface area (Å²) in [5.41, 5.74) is 14.2. The van der Waals surface area contributed by atoms with Crippen LogP contribution in [0.5, 0.6) is 0 Å². The maximum Gasteiger partial charge on any atom is 0.255 e. The van der Waals surface area contributed by atoms with Gasteiger partial charge in [-0.1, -0.05) is 12.1 Å². The Kier molecular flexibility index (Phi) is 4.10. The maximum atomic E-state index is 12.4. The molecular formula is C16H16N4O. The highest BCUT2D eigenvalue weighted by atomic mass is 16.2. The third kappa shape index (κ3) is 3.31. The molecule has 0 atom stereocenters. The summed E-state index contributed by atoms with van der Waals surface area (Å²) >= 11 is 0. The van der Waals surface area contributed by atoms with Gasteiger partial charge in [0.1, 0.15) is 0 Å². The fraction of sp³-hybridized carbons (Fsp3) is 0.125. The Labute approximate surface area is 123 Å². The Balaban J connectivity index is 2.17. The first-order valence-corrected chi connectivity index (χ1v) is 6.41. The summed E-state index contributed by atoms with van der Waals surface area (Å²) in [4.78, 5) is 13.9. The van der Waals surface area contributed by atoms with Gasteiger partial charge >= 0.3 is 0 Å². The van der Waals surface area contributed by atoms with Crippen molar-refractivity contribution < 1.29 is 4.79 Å². The summed E-state index contributed by atoms with van der Waals surface area (Å²) in [6, 6.07) is 14.1. The molecule has 0 aliphatic heterocycles. The summed E-state index contributed by atoms with van der Waals surface area (Å²) in [5.74, 6) is -0.185. The van der Waals surface area contributed by atoms with E-state index >= 15 is 0 Å². The molecule has 0 spiro atoms. The van der Waals surface area contributed by atoms with Crippen molar-refractivity contribution in [2.24, 2.45) is 0 Å². The van der Waals surface area contributed by atoms with Crippen LogP contribution in [0.3, 0.4) is 0 Å². The van der Waals surface area contributed by atoms with Crippen LogP contribution >= 0.6 is 0 Å². The molecule has 5 nitrogen and oxygen atoms in total. The minimum atomic E-state index is -0.185. The van der Waals surface area contributed by atoms with Gasteiger partial charge in [-0.15, -0.1) is 0 Å². The Morgan fingerprint density at radius 3 is 2.67 bits per heavy atom. The second-order valence-electron chi connectivity index (χ2n) is 4.82. The van der Waals surface area contributed by atoms with Gasteiger partial charge in [0.15, 0.2) is 0 Å². The van der Waals surface area contributed by atoms with Crippen LogP contribution in [0.1, 0.15) is 21.5 Å². The van der Waals surface area contributed by atoms with Gasteiger partial charge in [0.05, 0.1) is 17.2 Å². The highest BCUT2D eigenvalue weighted by Crippen LogP contribution is 2.18. The molecule has 0 bridgehead atoms. The molecule has 0 aliphatic carbocycles. The molecule has 0 unspecified atom stereocenters. The molecule has 0 saturated carbocycles. The second-order valence-corrected chi connectivity index (χ2v) is 4.82. The molecule has 1 amide bonds. The molecule has 0 heterocycles. The molecule has 2 aromatic rings. The molecule has 5 heteroatoms. The van der Waals surface area contributed by atoms with Gasteiger partial charge in [0.2, 0.25) is 0 Å². The first-order valence-electron chi connectivity index (χ1n) is 6.41. The molecular weight excluding hydrogens is 264 g/mol. The smallest absolute Gasteiger partial charge is 0.255 e. The van der Waals surface area contributed by atoms with Gasteiger partial charge in [-0.05, 0) is 35.9 Å². The zero-order valence-corrected chi connectivity index (χ0v) is 11.7. The van der Waals surface area contributed by atoms with E-state index in [9.17, 15) is 4.79 Å². The van der Waals surface area contributed by atoms with Crippen molar-refractivity contribution in [2.45, 2.75) is 6.54 Å². The quantitative estimate of drug-likeness (QED) is 0.840. The molecule has 2 rings (SSSR count). The van der Waals surface area contributed by atoms with E-state index in [0.717, 1.165) is 5.56 Å². The Bertz CT molecular complexity index is 718. The highest BCUT2D eigenvalue weighted by Gasteiger charge is 2.15. The molecule has 2 aromatic carbocycles. The fourth-order valence-corrected chi connectivity index (χ4v) is 2.07. The lowest BCUT2D eigenvalue weighted by Gasteiger charge is -2.18. The number of nitriles is 1. The number of benzene rings is 2. The van der Waals surface area contributed by atoms with Crippen LogP contribution in [0.15, 0.2) is 42.5 Å². The number of nitrogens with zero attached hydrogens (tertiary/aromatic N) is 2. The lowest BCUT2D eigenvalue weighted by molar-refractivity contribution is 0.0786. The van der Waals surface area contributed by atoms with Crippen LogP contribution in [-0.2, 0) is 6.54 Å². The van der Waals surface area contributed by atoms with E-state index in [1.165, 1.54) is 0 Å². The van der Waals surface area contributed by atoms with Gasteiger partial charge in [-0.2, -0.15) is 5.26 Å². The minimum absolute atomic E-state index is 0.185. The third-order valence-electron chi connectivity index (χ3n) is 3.13. The number of rotatable bonds is 3. The lowest BCUT2D eigenvalue weighted by atomic mass is 10.1. The molecule has 0 saturated heterocycles. The largest absolute Gasteiger partial charge is 0.399 e. The van der Waals surface area contributed by atoms with Crippen molar-refractivity contribution in [2.75, 3.05) is 18.5 Å². The number of nitrogens with two attached hydrogens (primary N) is 2. The molecule has 0 aromatic heterocycles. The zero-order chi connectivity index (χ0) is 15.4. The van der Waals surface area contributed by atoms with Crippen molar-refractivity contribution in [3.05, 3.63) is 59.2 Å². The topological polar surface area (TPSA) is 96.1 Å². The summed E-state index contributed by atoms with van der Waals surface area (Å²) in [6.07, 6.45) is 0. The standard InChI is InChI=1S/C16H16N4O/c1-20(10-12-4-2-3-11(7-12)9-17)16(21)14-6-5-13(18)8-15(14)19/h2-8H,10,18-19H2,1H3. The van der Waals surface area contributed by atoms with E-state index in [-0.39, 0.29) is 5.91 Å². The van der Waals surface area contributed by atoms with Crippen LogP contribution in [-0.4, -0.2) is 17.9 Å². The number of anilines is 2. The number of carbonyl (C=O) groups excluding carboxylic acids is 1. The van der Waals surface area contributed by atoms with Gasteiger partial charge in [-0.3, -0.25) is 4.79 Å². The summed E-state index contributed by atoms with van der Waals surface area (Å²) in [6.45, 7) is 0.401. The Morgan fingerprint density at radius 2 is 2.00 bits per heavy atom. The van der Waals surface area contributed by atoms with Crippen molar-refractivity contribution in [1.29, 1.82) is 5.26 Å². The fourth-order valence-electron chi connectivity index (χ4n) is 2.07. The molecule has 4 N–H and O–H groups in total. The molecule has 106 valence electrons. The first-order chi connectivity index (χ1) is 10.0. The monoisotopic (exact) mass is 280 g/mol. The van der Waals surface area contributed by atoms with Crippen molar-refractivity contribution in [1.82, 2.24) is 4.90 Å². The number of carbonyl (C=O) groups is 1. The van der Waals surface area contributed by atoms with Crippen LogP contribution in [0, 0.1) is 11.3 Å². The zero-order valence-electron chi connectivity index (χ0n) is 11.7. The Morgan fingerprint density at radius 1 is 1.24 bits per heavy atom. The minimum Gasteiger partial charge on any atom is -0.399 e. The normalized spacial score (nSPS) is 9.90. The van der Waals surface area contributed by atoms with E-state index in [2.05, 4.69) is 6.07 Å². The van der Waals surface area contributed by atoms with E-state index in [1.54, 1.807) is 48.3 Å². The van der Waals surface area contributed by atoms with E-state index in [1.807, 2.05) is 6.07 Å². The predicted molar refractivity (Wildman–Crippen MR) is 82.2 cm³/mol. The van der Waals surface area contributed by atoms with Gasteiger partial charge < -0.3 is 16.4 Å². The predicted octanol–water partition coefficient (Wildman–Crippen LogP) is 1.99. The second kappa shape index (κ2) is 5.97. The lowest BCUT2D eigenvalue weighted by Crippen LogP contribution is -2.27. The van der Waals surface area contributed by atoms with Crippen LogP contribution in [0.4, 0.5) is 11.4 Å². The van der Waals surface area contributed by atoms with E-state index in [4.69, 9.17) is 16.7 Å². The summed E-state index contributed by atoms with van der Waals surface area (Å²) in [7, 11) is 1.69. The molecule has 0 fully saturated rings. The first kappa shape index (κ1) is 14.4. The van der Waals surface area contributed by atoms with Crippen LogP contribution < -0.4 is 11.5 Å². The van der Waals surface area contributed by atoms with E-state index in [0.29, 0.717) is 29.0 Å². The van der Waals surface area contributed by atoms with Crippen LogP contribution in [0.2, 0.25) is 0 Å². The third-order valence-corrected chi connectivity index (χ3v) is 3.13. The average Bonchev–Trinajstić information content (AvgIpc) is 2.46. The number of nitrogen functional groups attached to an aromatic ring is 2. The number of hydrogen-bond acceptors (Lipinski definition) is 4. The van der Waals surface area contributed by atoms with E-state index < -0.39 is 0 Å². The van der Waals surface area contributed by atoms with Gasteiger partial charge in [0, 0.05) is 25.0 Å². The van der Waals surface area contributed by atoms with Crippen LogP contribution in [0.25, 0.3) is 0 Å². The molecule has 21 heavy (non-hydrogen) atoms. The summed E-state index contributed by atoms with van der Waals surface area (Å²) in [5, 5.41) is 8.89. The molecule has 0 radical (unpaired) electrons. The van der Waals surface area contributed by atoms with Gasteiger partial charge in [-0.25, -0.2) is 0 Å². The number of hydrogen-bond donors (Lipinski definition) is 2. The number of amides is 1. The van der Waals surface area contributed by atoms with Crippen molar-refractivity contribution in [3.8, 4) is 6.07 Å². The summed E-state index contributed by atoms with van der Waals surface area (Å²) < 4.78 is 0. The highest BCUT2D eigenvalue weighted by molar-refractivity contribution is 5.99. The average molecular weight is 280 g/mol. The SMILES string of the molecule is CN(Cc1cccc(C#N)c1)C(=O)c1ccc(N)cc1N. The van der Waals surface area contributed by atoms with Crippen molar-refractivity contribution >= 4 is 17.3 Å². The molecule has 0 aliphatic rings.